The predicted molar refractivity (Wildman–Crippen MR) is 175 cm³/mol. The molecule has 5 heteroatoms. The number of aliphatic hydroxyl groups excluding tert-OH is 1. The van der Waals surface area contributed by atoms with Crippen molar-refractivity contribution in [2.75, 3.05) is 0 Å². The Balaban J connectivity index is 0.000000261. The van der Waals surface area contributed by atoms with Crippen molar-refractivity contribution < 1.29 is 34.7 Å². The SMILES string of the molecule is CCC(CC)/C(O)=C/C(=O)C(C)(CC)CC.Cc1c2c([c-]c3ccccc13)-c1nccc3cc(CC(C)C)cc(c13)O2.[Ir]. The van der Waals surface area contributed by atoms with Crippen molar-refractivity contribution in [2.24, 2.45) is 17.3 Å². The number of aliphatic hydroxyl groups is 1. The fourth-order valence-electron chi connectivity index (χ4n) is 5.75. The van der Waals surface area contributed by atoms with Crippen LogP contribution in [0.1, 0.15) is 85.3 Å². The summed E-state index contributed by atoms with van der Waals surface area (Å²) >= 11 is 0. The molecule has 1 aliphatic heterocycles. The Kier molecular flexibility index (Phi) is 11.7. The summed E-state index contributed by atoms with van der Waals surface area (Å²) in [5.74, 6) is 2.85. The standard InChI is InChI=1S/C24H20NO.C14H26O2.Ir/c1-14(2)10-16-11-18-8-9-25-23-20-13-17-6-4-5-7-19(17)15(3)24(20)26-21(12-16)22(18)23;1-6-11(7-2)12(15)10-13(16)14(5,8-3)9-4;/h4-9,11-12,14H,10H2,1-3H3;10-11,15H,6-9H2,1-5H3;/q-1;;/b;12-10-;. The molecule has 1 radical (unpaired) electrons. The number of fused-ring (bicyclic) bond motifs is 3. The van der Waals surface area contributed by atoms with Crippen molar-refractivity contribution in [3.05, 3.63) is 77.7 Å². The summed E-state index contributed by atoms with van der Waals surface area (Å²) < 4.78 is 6.44. The summed E-state index contributed by atoms with van der Waals surface area (Å²) in [5.41, 5.74) is 4.08. The van der Waals surface area contributed by atoms with E-state index in [2.05, 4.69) is 69.3 Å². The minimum atomic E-state index is -0.319. The van der Waals surface area contributed by atoms with Crippen LogP contribution in [0.2, 0.25) is 0 Å². The predicted octanol–water partition coefficient (Wildman–Crippen LogP) is 10.7. The van der Waals surface area contributed by atoms with E-state index in [9.17, 15) is 9.90 Å². The molecule has 0 atom stereocenters. The van der Waals surface area contributed by atoms with E-state index in [1.54, 1.807) is 0 Å². The van der Waals surface area contributed by atoms with Gasteiger partial charge in [0.05, 0.1) is 11.5 Å². The number of hydrogen-bond donors (Lipinski definition) is 1. The molecule has 4 aromatic rings. The van der Waals surface area contributed by atoms with Crippen LogP contribution in [-0.4, -0.2) is 15.9 Å². The first-order chi connectivity index (χ1) is 20.1. The van der Waals surface area contributed by atoms with Crippen LogP contribution in [0.4, 0.5) is 0 Å². The van der Waals surface area contributed by atoms with E-state index in [0.717, 1.165) is 71.2 Å². The van der Waals surface area contributed by atoms with Gasteiger partial charge in [-0.2, -0.15) is 0 Å². The molecule has 4 nitrogen and oxygen atoms in total. The Bertz CT molecular complexity index is 1610. The molecule has 0 saturated heterocycles. The summed E-state index contributed by atoms with van der Waals surface area (Å²) in [6, 6.07) is 18.4. The van der Waals surface area contributed by atoms with Crippen molar-refractivity contribution in [1.29, 1.82) is 0 Å². The molecule has 0 bridgehead atoms. The first kappa shape index (κ1) is 34.5. The van der Waals surface area contributed by atoms with Crippen molar-refractivity contribution in [2.45, 2.75) is 87.5 Å². The molecule has 1 N–H and O–H groups in total. The summed E-state index contributed by atoms with van der Waals surface area (Å²) in [4.78, 5) is 16.7. The van der Waals surface area contributed by atoms with Gasteiger partial charge in [-0.15, -0.1) is 17.5 Å². The third-order valence-corrected chi connectivity index (χ3v) is 8.98. The second kappa shape index (κ2) is 14.6. The number of allylic oxidation sites excluding steroid dienone is 2. The maximum atomic E-state index is 12.0. The third-order valence-electron chi connectivity index (χ3n) is 8.98. The molecule has 0 fully saturated rings. The van der Waals surface area contributed by atoms with E-state index in [0.29, 0.717) is 5.92 Å². The van der Waals surface area contributed by atoms with Crippen molar-refractivity contribution >= 4 is 27.3 Å². The van der Waals surface area contributed by atoms with Gasteiger partial charge in [-0.25, -0.2) is 0 Å². The maximum absolute atomic E-state index is 12.0. The number of pyridine rings is 1. The minimum absolute atomic E-state index is 0. The van der Waals surface area contributed by atoms with Gasteiger partial charge in [0.1, 0.15) is 5.75 Å². The molecule has 3 aromatic carbocycles. The van der Waals surface area contributed by atoms with Gasteiger partial charge >= 0.3 is 0 Å². The van der Waals surface area contributed by atoms with E-state index in [-0.39, 0.29) is 43.0 Å². The van der Waals surface area contributed by atoms with Crippen LogP contribution >= 0.6 is 0 Å². The molecule has 0 unspecified atom stereocenters. The van der Waals surface area contributed by atoms with Crippen molar-refractivity contribution in [1.82, 2.24) is 4.98 Å². The largest absolute Gasteiger partial charge is 0.512 e. The van der Waals surface area contributed by atoms with Crippen molar-refractivity contribution in [3.63, 3.8) is 0 Å². The second-order valence-electron chi connectivity index (χ2n) is 12.3. The monoisotopic (exact) mass is 757 g/mol. The van der Waals surface area contributed by atoms with Gasteiger partial charge in [-0.05, 0) is 68.0 Å². The summed E-state index contributed by atoms with van der Waals surface area (Å²) in [7, 11) is 0. The molecule has 2 heterocycles. The Labute approximate surface area is 271 Å². The normalized spacial score (nSPS) is 12.5. The fraction of sp³-hybridized carbons (Fsp3) is 0.421. The van der Waals surface area contributed by atoms with Crippen LogP contribution < -0.4 is 4.74 Å². The number of nitrogens with zero attached hydrogens (tertiary/aromatic N) is 1. The first-order valence-corrected chi connectivity index (χ1v) is 15.6. The number of rotatable bonds is 9. The third kappa shape index (κ3) is 7.21. The number of carbonyl (C=O) groups excluding carboxylic acids is 1. The molecular formula is C38H46IrNO3-. The molecule has 231 valence electrons. The zero-order valence-electron chi connectivity index (χ0n) is 26.9. The molecule has 1 aromatic heterocycles. The topological polar surface area (TPSA) is 59.4 Å². The number of carbonyl (C=O) groups is 1. The molecule has 1 aliphatic rings. The number of aryl methyl sites for hydroxylation is 1. The van der Waals surface area contributed by atoms with Crippen LogP contribution in [0, 0.1) is 30.2 Å². The van der Waals surface area contributed by atoms with Crippen LogP contribution in [0.25, 0.3) is 32.8 Å². The summed E-state index contributed by atoms with van der Waals surface area (Å²) in [6.45, 7) is 16.7. The Hall–Kier alpha value is -3.01. The number of ether oxygens (including phenoxy) is 1. The zero-order valence-corrected chi connectivity index (χ0v) is 29.3. The zero-order chi connectivity index (χ0) is 30.6. The summed E-state index contributed by atoms with van der Waals surface area (Å²) in [6.07, 6.45) is 7.77. The Morgan fingerprint density at radius 3 is 2.37 bits per heavy atom. The van der Waals surface area contributed by atoms with Crippen LogP contribution in [-0.2, 0) is 31.3 Å². The number of aromatic nitrogens is 1. The molecule has 0 saturated carbocycles. The van der Waals surface area contributed by atoms with Gasteiger partial charge in [0.2, 0.25) is 0 Å². The van der Waals surface area contributed by atoms with Crippen LogP contribution in [0.5, 0.6) is 11.5 Å². The smallest absolute Gasteiger partial charge is 0.164 e. The molecule has 43 heavy (non-hydrogen) atoms. The molecule has 0 aliphatic carbocycles. The Morgan fingerprint density at radius 1 is 1.07 bits per heavy atom. The minimum Gasteiger partial charge on any atom is -0.512 e. The van der Waals surface area contributed by atoms with Gasteiger partial charge < -0.3 is 9.84 Å². The van der Waals surface area contributed by atoms with Gasteiger partial charge in [0, 0.05) is 54.8 Å². The van der Waals surface area contributed by atoms with Gasteiger partial charge in [0.15, 0.2) is 5.78 Å². The number of benzene rings is 3. The van der Waals surface area contributed by atoms with E-state index < -0.39 is 0 Å². The number of ketones is 1. The van der Waals surface area contributed by atoms with Gasteiger partial charge in [0.25, 0.3) is 0 Å². The Morgan fingerprint density at radius 2 is 1.74 bits per heavy atom. The molecule has 0 spiro atoms. The van der Waals surface area contributed by atoms with E-state index >= 15 is 0 Å². The molecular weight excluding hydrogens is 711 g/mol. The summed E-state index contributed by atoms with van der Waals surface area (Å²) in [5, 5.41) is 14.4. The van der Waals surface area contributed by atoms with Crippen LogP contribution in [0.3, 0.4) is 0 Å². The van der Waals surface area contributed by atoms with Gasteiger partial charge in [-0.1, -0.05) is 89.2 Å². The molecule has 5 rings (SSSR count). The average molecular weight is 757 g/mol. The quantitative estimate of drug-likeness (QED) is 0.0924. The van der Waals surface area contributed by atoms with Crippen molar-refractivity contribution in [3.8, 4) is 22.8 Å². The van der Waals surface area contributed by atoms with E-state index in [1.165, 1.54) is 22.4 Å². The molecule has 0 amide bonds. The first-order valence-electron chi connectivity index (χ1n) is 15.6. The van der Waals surface area contributed by atoms with Gasteiger partial charge in [-0.3, -0.25) is 9.78 Å². The average Bonchev–Trinajstić information content (AvgIpc) is 2.98. The fourth-order valence-corrected chi connectivity index (χ4v) is 5.75. The van der Waals surface area contributed by atoms with Crippen LogP contribution in [0.15, 0.2) is 60.5 Å². The van der Waals surface area contributed by atoms with E-state index in [4.69, 9.17) is 9.72 Å². The van der Waals surface area contributed by atoms with E-state index in [1.807, 2.05) is 40.8 Å². The maximum Gasteiger partial charge on any atom is 0.164 e. The number of hydrogen-bond acceptors (Lipinski definition) is 4. The second-order valence-corrected chi connectivity index (χ2v) is 12.3.